The van der Waals surface area contributed by atoms with Gasteiger partial charge in [0.2, 0.25) is 0 Å². The number of pyridine rings is 1. The standard InChI is InChI=1S/C37H39N7/c1-5-26(3)39-34-18-20-36(31-14-8-6-12-29(31)34)44(4)37-21-19-35(30-13-7-9-15-32(30)37)43-42-33-17-16-27(23-25(33)2)40-41-28-11-10-22-38-24-28/h6-24,26,39-43H,5H2,1-4H3. The molecule has 1 aromatic heterocycles. The molecule has 0 radical (unpaired) electrons. The first-order chi connectivity index (χ1) is 21.5. The fourth-order valence-electron chi connectivity index (χ4n) is 5.48. The molecular weight excluding hydrogens is 542 g/mol. The van der Waals surface area contributed by atoms with Crippen LogP contribution in [0, 0.1) is 6.92 Å². The molecule has 0 saturated heterocycles. The Balaban J connectivity index is 1.23. The second-order valence-corrected chi connectivity index (χ2v) is 11.1. The van der Waals surface area contributed by atoms with Crippen LogP contribution in [0.2, 0.25) is 0 Å². The highest BCUT2D eigenvalue weighted by molar-refractivity contribution is 6.07. The Bertz CT molecular complexity index is 1890. The van der Waals surface area contributed by atoms with Gasteiger partial charge in [-0.2, -0.15) is 0 Å². The molecule has 0 bridgehead atoms. The Labute approximate surface area is 259 Å². The van der Waals surface area contributed by atoms with Crippen LogP contribution in [0.4, 0.5) is 39.8 Å². The van der Waals surface area contributed by atoms with Crippen molar-refractivity contribution in [3.05, 3.63) is 121 Å². The van der Waals surface area contributed by atoms with Gasteiger partial charge >= 0.3 is 0 Å². The molecule has 7 heteroatoms. The summed E-state index contributed by atoms with van der Waals surface area (Å²) in [6.07, 6.45) is 4.60. The maximum atomic E-state index is 4.13. The number of hydrogen-bond acceptors (Lipinski definition) is 7. The highest BCUT2D eigenvalue weighted by Crippen LogP contribution is 2.39. The Hall–Kier alpha value is -5.43. The summed E-state index contributed by atoms with van der Waals surface area (Å²) in [7, 11) is 2.15. The largest absolute Gasteiger partial charge is 0.382 e. The first-order valence-corrected chi connectivity index (χ1v) is 15.1. The average Bonchev–Trinajstić information content (AvgIpc) is 3.07. The van der Waals surface area contributed by atoms with Crippen molar-refractivity contribution >= 4 is 61.4 Å². The highest BCUT2D eigenvalue weighted by atomic mass is 15.4. The maximum Gasteiger partial charge on any atom is 0.0723 e. The molecule has 0 aliphatic heterocycles. The molecule has 5 N–H and O–H groups in total. The van der Waals surface area contributed by atoms with Gasteiger partial charge in [0.25, 0.3) is 0 Å². The smallest absolute Gasteiger partial charge is 0.0723 e. The summed E-state index contributed by atoms with van der Waals surface area (Å²) in [4.78, 5) is 6.43. The van der Waals surface area contributed by atoms with Gasteiger partial charge < -0.3 is 26.5 Å². The van der Waals surface area contributed by atoms with Crippen LogP contribution in [0.1, 0.15) is 25.8 Å². The van der Waals surface area contributed by atoms with Gasteiger partial charge in [-0.25, -0.2) is 0 Å². The molecule has 6 rings (SSSR count). The number of aryl methyl sites for hydroxylation is 1. The molecule has 1 heterocycles. The van der Waals surface area contributed by atoms with Crippen LogP contribution in [-0.4, -0.2) is 18.1 Å². The molecule has 222 valence electrons. The van der Waals surface area contributed by atoms with E-state index in [4.69, 9.17) is 0 Å². The second kappa shape index (κ2) is 12.8. The number of nitrogens with zero attached hydrogens (tertiary/aromatic N) is 2. The molecule has 6 aromatic rings. The molecule has 44 heavy (non-hydrogen) atoms. The number of hydrogen-bond donors (Lipinski definition) is 5. The number of anilines is 7. The van der Waals surface area contributed by atoms with E-state index in [0.717, 1.165) is 45.8 Å². The third-order valence-electron chi connectivity index (χ3n) is 8.11. The predicted molar refractivity (Wildman–Crippen MR) is 189 cm³/mol. The van der Waals surface area contributed by atoms with Crippen molar-refractivity contribution in [2.24, 2.45) is 0 Å². The van der Waals surface area contributed by atoms with E-state index in [-0.39, 0.29) is 0 Å². The number of rotatable bonds is 11. The Kier molecular flexibility index (Phi) is 8.36. The summed E-state index contributed by atoms with van der Waals surface area (Å²) in [5, 5.41) is 8.45. The molecule has 1 atom stereocenters. The number of nitrogens with one attached hydrogen (secondary N) is 5. The van der Waals surface area contributed by atoms with E-state index in [9.17, 15) is 0 Å². The van der Waals surface area contributed by atoms with E-state index in [1.54, 1.807) is 12.4 Å². The van der Waals surface area contributed by atoms with Gasteiger partial charge in [0.05, 0.1) is 28.9 Å². The monoisotopic (exact) mass is 581 g/mol. The second-order valence-electron chi connectivity index (χ2n) is 11.1. The summed E-state index contributed by atoms with van der Waals surface area (Å²) >= 11 is 0. The van der Waals surface area contributed by atoms with Gasteiger partial charge in [-0.05, 0) is 80.4 Å². The SMILES string of the molecule is CCC(C)Nc1ccc(N(C)c2ccc(NNc3ccc(NNc4cccnc4)cc3C)c3ccccc23)c2ccccc12. The summed E-state index contributed by atoms with van der Waals surface area (Å²) in [5.74, 6) is 0. The first kappa shape index (κ1) is 28.7. The van der Waals surface area contributed by atoms with Crippen molar-refractivity contribution in [2.75, 3.05) is 39.0 Å². The van der Waals surface area contributed by atoms with Crippen LogP contribution in [0.25, 0.3) is 21.5 Å². The van der Waals surface area contributed by atoms with Crippen LogP contribution < -0.4 is 31.9 Å². The van der Waals surface area contributed by atoms with Gasteiger partial charge in [-0.15, -0.1) is 0 Å². The number of fused-ring (bicyclic) bond motifs is 2. The van der Waals surface area contributed by atoms with Gasteiger partial charge in [-0.1, -0.05) is 55.5 Å². The lowest BCUT2D eigenvalue weighted by Gasteiger charge is -2.26. The first-order valence-electron chi connectivity index (χ1n) is 15.1. The molecule has 0 fully saturated rings. The molecular formula is C37H39N7. The van der Waals surface area contributed by atoms with Gasteiger partial charge in [0.15, 0.2) is 0 Å². The highest BCUT2D eigenvalue weighted by Gasteiger charge is 2.15. The number of hydrazine groups is 2. The molecule has 1 unspecified atom stereocenters. The van der Waals surface area contributed by atoms with E-state index in [1.807, 2.05) is 18.2 Å². The quantitative estimate of drug-likeness (QED) is 0.0976. The van der Waals surface area contributed by atoms with Crippen molar-refractivity contribution in [2.45, 2.75) is 33.2 Å². The Morgan fingerprint density at radius 3 is 1.86 bits per heavy atom. The van der Waals surface area contributed by atoms with E-state index in [1.165, 1.54) is 27.5 Å². The van der Waals surface area contributed by atoms with Crippen molar-refractivity contribution < 1.29 is 0 Å². The normalized spacial score (nSPS) is 11.6. The molecule has 0 saturated carbocycles. The molecule has 0 aliphatic rings. The van der Waals surface area contributed by atoms with Crippen molar-refractivity contribution in [1.29, 1.82) is 0 Å². The van der Waals surface area contributed by atoms with Gasteiger partial charge in [0.1, 0.15) is 0 Å². The Morgan fingerprint density at radius 1 is 0.636 bits per heavy atom. The fourth-order valence-corrected chi connectivity index (χ4v) is 5.48. The van der Waals surface area contributed by atoms with E-state index < -0.39 is 0 Å². The summed E-state index contributed by atoms with van der Waals surface area (Å²) in [6.45, 7) is 6.52. The summed E-state index contributed by atoms with van der Waals surface area (Å²) < 4.78 is 0. The van der Waals surface area contributed by atoms with Crippen LogP contribution in [0.5, 0.6) is 0 Å². The minimum absolute atomic E-state index is 0.410. The van der Waals surface area contributed by atoms with Crippen LogP contribution in [-0.2, 0) is 0 Å². The van der Waals surface area contributed by atoms with Gasteiger partial charge in [0, 0.05) is 57.9 Å². The van der Waals surface area contributed by atoms with Crippen LogP contribution in [0.15, 0.2) is 116 Å². The Morgan fingerprint density at radius 2 is 1.23 bits per heavy atom. The summed E-state index contributed by atoms with van der Waals surface area (Å²) in [6, 6.07) is 36.4. The number of benzene rings is 5. The zero-order valence-corrected chi connectivity index (χ0v) is 25.6. The predicted octanol–water partition coefficient (Wildman–Crippen LogP) is 9.55. The zero-order chi connectivity index (χ0) is 30.5. The molecule has 0 aliphatic carbocycles. The molecule has 0 amide bonds. The topological polar surface area (TPSA) is 76.3 Å². The zero-order valence-electron chi connectivity index (χ0n) is 25.6. The minimum Gasteiger partial charge on any atom is -0.382 e. The van der Waals surface area contributed by atoms with Crippen molar-refractivity contribution in [3.63, 3.8) is 0 Å². The molecule has 0 spiro atoms. The van der Waals surface area contributed by atoms with E-state index in [2.05, 4.69) is 150 Å². The lowest BCUT2D eigenvalue weighted by Crippen LogP contribution is -2.15. The van der Waals surface area contributed by atoms with Gasteiger partial charge in [-0.3, -0.25) is 10.4 Å². The molecule has 7 nitrogen and oxygen atoms in total. The fraction of sp³-hybridized carbons (Fsp3) is 0.162. The van der Waals surface area contributed by atoms with Crippen LogP contribution in [0.3, 0.4) is 0 Å². The lowest BCUT2D eigenvalue weighted by molar-refractivity contribution is 0.765. The lowest BCUT2D eigenvalue weighted by atomic mass is 10.0. The number of aromatic nitrogens is 1. The van der Waals surface area contributed by atoms with E-state index >= 15 is 0 Å². The maximum absolute atomic E-state index is 4.13. The van der Waals surface area contributed by atoms with Crippen molar-refractivity contribution in [3.8, 4) is 0 Å². The van der Waals surface area contributed by atoms with E-state index in [0.29, 0.717) is 6.04 Å². The minimum atomic E-state index is 0.410. The van der Waals surface area contributed by atoms with Crippen LogP contribution >= 0.6 is 0 Å². The molecule has 5 aromatic carbocycles. The average molecular weight is 582 g/mol. The van der Waals surface area contributed by atoms with Crippen molar-refractivity contribution in [1.82, 2.24) is 4.98 Å². The third-order valence-corrected chi connectivity index (χ3v) is 8.11. The summed E-state index contributed by atoms with van der Waals surface area (Å²) in [5.41, 5.74) is 21.8. The third kappa shape index (κ3) is 6.03.